The molecular formula is C11H11N3O2. The van der Waals surface area contributed by atoms with Crippen LogP contribution in [0.15, 0.2) is 30.5 Å². The number of anilines is 1. The highest BCUT2D eigenvalue weighted by Gasteiger charge is 2.07. The number of H-pyrrole nitrogens is 1. The van der Waals surface area contributed by atoms with Crippen LogP contribution < -0.4 is 5.32 Å². The molecule has 5 nitrogen and oxygen atoms in total. The Kier molecular flexibility index (Phi) is 2.59. The highest BCUT2D eigenvalue weighted by molar-refractivity contribution is 6.02. The summed E-state index contributed by atoms with van der Waals surface area (Å²) in [5, 5.41) is 18.3. The molecule has 0 saturated heterocycles. The Balaban J connectivity index is 2.15. The lowest BCUT2D eigenvalue weighted by molar-refractivity contribution is 0.102. The van der Waals surface area contributed by atoms with E-state index in [1.54, 1.807) is 25.1 Å². The lowest BCUT2D eigenvalue weighted by atomic mass is 10.2. The summed E-state index contributed by atoms with van der Waals surface area (Å²) in [5.74, 6) is -0.0536. The molecule has 0 saturated carbocycles. The van der Waals surface area contributed by atoms with E-state index >= 15 is 0 Å². The van der Waals surface area contributed by atoms with Gasteiger partial charge in [0.2, 0.25) is 0 Å². The number of aromatic nitrogens is 2. The Morgan fingerprint density at radius 2 is 2.25 bits per heavy atom. The van der Waals surface area contributed by atoms with Crippen molar-refractivity contribution in [1.29, 1.82) is 0 Å². The number of phenols is 1. The van der Waals surface area contributed by atoms with Crippen LogP contribution in [0, 0.1) is 6.92 Å². The zero-order valence-corrected chi connectivity index (χ0v) is 8.69. The predicted octanol–water partition coefficient (Wildman–Crippen LogP) is 1.68. The number of benzene rings is 1. The summed E-state index contributed by atoms with van der Waals surface area (Å²) in [5.41, 5.74) is 1.74. The number of aryl methyl sites for hydroxylation is 1. The third-order valence-corrected chi connectivity index (χ3v) is 2.20. The molecule has 0 aliphatic carbocycles. The van der Waals surface area contributed by atoms with E-state index in [9.17, 15) is 9.90 Å². The Morgan fingerprint density at radius 3 is 2.88 bits per heavy atom. The van der Waals surface area contributed by atoms with E-state index in [0.717, 1.165) is 0 Å². The van der Waals surface area contributed by atoms with Gasteiger partial charge in [0.1, 0.15) is 11.4 Å². The van der Waals surface area contributed by atoms with E-state index in [2.05, 4.69) is 15.5 Å². The Bertz CT molecular complexity index is 506. The average Bonchev–Trinajstić information content (AvgIpc) is 2.77. The summed E-state index contributed by atoms with van der Waals surface area (Å²) >= 11 is 0. The molecule has 0 aliphatic rings. The lowest BCUT2D eigenvalue weighted by Crippen LogP contribution is -2.12. The molecule has 1 amide bonds. The van der Waals surface area contributed by atoms with Gasteiger partial charge >= 0.3 is 0 Å². The molecule has 0 unspecified atom stereocenters. The van der Waals surface area contributed by atoms with E-state index in [1.807, 2.05) is 0 Å². The summed E-state index contributed by atoms with van der Waals surface area (Å²) in [6, 6.07) is 6.46. The first-order chi connectivity index (χ1) is 7.66. The number of aromatic hydroxyl groups is 1. The highest BCUT2D eigenvalue weighted by Crippen LogP contribution is 2.20. The molecule has 3 N–H and O–H groups in total. The van der Waals surface area contributed by atoms with E-state index in [-0.39, 0.29) is 11.7 Å². The molecular weight excluding hydrogens is 206 g/mol. The molecule has 0 atom stereocenters. The number of aromatic amines is 1. The topological polar surface area (TPSA) is 78.0 Å². The molecule has 1 heterocycles. The highest BCUT2D eigenvalue weighted by atomic mass is 16.3. The number of rotatable bonds is 2. The smallest absolute Gasteiger partial charge is 0.273 e. The third-order valence-electron chi connectivity index (χ3n) is 2.20. The minimum absolute atomic E-state index is 0.208. The summed E-state index contributed by atoms with van der Waals surface area (Å²) in [6.07, 6.45) is 1.51. The molecule has 16 heavy (non-hydrogen) atoms. The fraction of sp³-hybridized carbons (Fsp3) is 0.0909. The van der Waals surface area contributed by atoms with E-state index in [1.165, 1.54) is 12.3 Å². The summed E-state index contributed by atoms with van der Waals surface area (Å²) < 4.78 is 0. The Labute approximate surface area is 92.1 Å². The Hall–Kier alpha value is -2.30. The monoisotopic (exact) mass is 217 g/mol. The third kappa shape index (κ3) is 2.03. The van der Waals surface area contributed by atoms with E-state index in [4.69, 9.17) is 0 Å². The van der Waals surface area contributed by atoms with Crippen LogP contribution in [0.25, 0.3) is 0 Å². The number of hydrogen-bond donors (Lipinski definition) is 3. The van der Waals surface area contributed by atoms with Gasteiger partial charge in [-0.05, 0) is 36.8 Å². The molecule has 5 heteroatoms. The fourth-order valence-electron chi connectivity index (χ4n) is 1.31. The lowest BCUT2D eigenvalue weighted by Gasteiger charge is -2.05. The molecule has 0 bridgehead atoms. The first kappa shape index (κ1) is 10.2. The van der Waals surface area contributed by atoms with Crippen LogP contribution in [-0.2, 0) is 0 Å². The van der Waals surface area contributed by atoms with Crippen LogP contribution in [0.1, 0.15) is 16.1 Å². The predicted molar refractivity (Wildman–Crippen MR) is 59.4 cm³/mol. The molecule has 2 aromatic rings. The number of carbonyl (C=O) groups excluding carboxylic acids is 1. The van der Waals surface area contributed by atoms with Crippen molar-refractivity contribution in [1.82, 2.24) is 10.2 Å². The van der Waals surface area contributed by atoms with Crippen molar-refractivity contribution in [2.45, 2.75) is 6.92 Å². The molecule has 1 aromatic carbocycles. The number of phenolic OH excluding ortho intramolecular Hbond substituents is 1. The Morgan fingerprint density at radius 1 is 1.44 bits per heavy atom. The SMILES string of the molecule is Cc1cc(NC(=O)c2ccn[nH]2)ccc1O. The van der Waals surface area contributed by atoms with Crippen molar-refractivity contribution in [3.8, 4) is 5.75 Å². The average molecular weight is 217 g/mol. The van der Waals surface area contributed by atoms with Crippen molar-refractivity contribution in [2.75, 3.05) is 5.32 Å². The first-order valence-electron chi connectivity index (χ1n) is 4.77. The van der Waals surface area contributed by atoms with Gasteiger partial charge in [-0.25, -0.2) is 0 Å². The van der Waals surface area contributed by atoms with Gasteiger partial charge in [-0.1, -0.05) is 0 Å². The minimum Gasteiger partial charge on any atom is -0.508 e. The maximum absolute atomic E-state index is 11.6. The summed E-state index contributed by atoms with van der Waals surface area (Å²) in [4.78, 5) is 11.6. The molecule has 0 radical (unpaired) electrons. The second kappa shape index (κ2) is 4.06. The van der Waals surface area contributed by atoms with Gasteiger partial charge in [0.15, 0.2) is 0 Å². The summed E-state index contributed by atoms with van der Waals surface area (Å²) in [7, 11) is 0. The normalized spacial score (nSPS) is 10.1. The van der Waals surface area contributed by atoms with Gasteiger partial charge in [0, 0.05) is 11.9 Å². The molecule has 0 spiro atoms. The molecule has 1 aromatic heterocycles. The van der Waals surface area contributed by atoms with E-state index in [0.29, 0.717) is 16.9 Å². The zero-order chi connectivity index (χ0) is 11.5. The standard InChI is InChI=1S/C11H11N3O2/c1-7-6-8(2-3-10(7)15)13-11(16)9-4-5-12-14-9/h2-6,15H,1H3,(H,12,14)(H,13,16). The molecule has 82 valence electrons. The van der Waals surface area contributed by atoms with Gasteiger partial charge in [0.25, 0.3) is 5.91 Å². The van der Waals surface area contributed by atoms with Crippen LogP contribution in [0.3, 0.4) is 0 Å². The van der Waals surface area contributed by atoms with E-state index < -0.39 is 0 Å². The maximum atomic E-state index is 11.6. The minimum atomic E-state index is -0.261. The number of carbonyl (C=O) groups is 1. The van der Waals surface area contributed by atoms with Gasteiger partial charge in [-0.15, -0.1) is 0 Å². The van der Waals surface area contributed by atoms with Crippen molar-refractivity contribution in [3.05, 3.63) is 41.7 Å². The quantitative estimate of drug-likeness (QED) is 0.669. The van der Waals surface area contributed by atoms with Gasteiger partial charge in [0.05, 0.1) is 0 Å². The number of nitrogens with one attached hydrogen (secondary N) is 2. The maximum Gasteiger partial charge on any atom is 0.273 e. The van der Waals surface area contributed by atoms with Crippen LogP contribution in [0.4, 0.5) is 5.69 Å². The first-order valence-corrected chi connectivity index (χ1v) is 4.77. The fourth-order valence-corrected chi connectivity index (χ4v) is 1.31. The number of amides is 1. The largest absolute Gasteiger partial charge is 0.508 e. The van der Waals surface area contributed by atoms with Crippen LogP contribution in [0.2, 0.25) is 0 Å². The molecule has 2 rings (SSSR count). The van der Waals surface area contributed by atoms with Crippen molar-refractivity contribution >= 4 is 11.6 Å². The van der Waals surface area contributed by atoms with Gasteiger partial charge in [-0.2, -0.15) is 5.10 Å². The van der Waals surface area contributed by atoms with Crippen LogP contribution in [0.5, 0.6) is 5.75 Å². The zero-order valence-electron chi connectivity index (χ0n) is 8.69. The van der Waals surface area contributed by atoms with Crippen molar-refractivity contribution in [3.63, 3.8) is 0 Å². The van der Waals surface area contributed by atoms with Crippen LogP contribution >= 0.6 is 0 Å². The number of nitrogens with zero attached hydrogens (tertiary/aromatic N) is 1. The molecule has 0 aliphatic heterocycles. The van der Waals surface area contributed by atoms with Crippen molar-refractivity contribution < 1.29 is 9.90 Å². The van der Waals surface area contributed by atoms with Gasteiger partial charge < -0.3 is 10.4 Å². The van der Waals surface area contributed by atoms with Crippen LogP contribution in [-0.4, -0.2) is 21.2 Å². The van der Waals surface area contributed by atoms with Crippen molar-refractivity contribution in [2.24, 2.45) is 0 Å². The second-order valence-electron chi connectivity index (χ2n) is 3.43. The molecule has 0 fully saturated rings. The summed E-state index contributed by atoms with van der Waals surface area (Å²) in [6.45, 7) is 1.77. The second-order valence-corrected chi connectivity index (χ2v) is 3.43. The van der Waals surface area contributed by atoms with Gasteiger partial charge in [-0.3, -0.25) is 9.89 Å². The number of hydrogen-bond acceptors (Lipinski definition) is 3.